The van der Waals surface area contributed by atoms with Crippen molar-refractivity contribution in [3.8, 4) is 0 Å². The van der Waals surface area contributed by atoms with Gasteiger partial charge in [0.05, 0.1) is 17.9 Å². The van der Waals surface area contributed by atoms with E-state index in [0.29, 0.717) is 29.5 Å². The van der Waals surface area contributed by atoms with Crippen molar-refractivity contribution >= 4 is 11.7 Å². The molecule has 1 aliphatic carbocycles. The minimum atomic E-state index is -0.176. The summed E-state index contributed by atoms with van der Waals surface area (Å²) in [6.07, 6.45) is 7.09. The highest BCUT2D eigenvalue weighted by atomic mass is 16.5. The maximum atomic E-state index is 12.5. The molecule has 2 heterocycles. The molecule has 2 aromatic heterocycles. The van der Waals surface area contributed by atoms with E-state index in [0.717, 1.165) is 18.7 Å². The summed E-state index contributed by atoms with van der Waals surface area (Å²) in [5, 5.41) is 11.2. The first-order valence-electron chi connectivity index (χ1n) is 7.50. The van der Waals surface area contributed by atoms with E-state index >= 15 is 0 Å². The van der Waals surface area contributed by atoms with E-state index in [1.165, 1.54) is 12.8 Å². The third-order valence-electron chi connectivity index (χ3n) is 4.08. The quantitative estimate of drug-likeness (QED) is 0.938. The van der Waals surface area contributed by atoms with Gasteiger partial charge in [-0.1, -0.05) is 24.9 Å². The molecule has 1 saturated carbocycles. The lowest BCUT2D eigenvalue weighted by atomic mass is 10.1. The van der Waals surface area contributed by atoms with Gasteiger partial charge in [0.1, 0.15) is 17.1 Å². The summed E-state index contributed by atoms with van der Waals surface area (Å²) in [6.45, 7) is 3.71. The van der Waals surface area contributed by atoms with E-state index in [1.54, 1.807) is 13.1 Å². The molecule has 1 aliphatic rings. The summed E-state index contributed by atoms with van der Waals surface area (Å²) in [4.78, 5) is 12.5. The lowest BCUT2D eigenvalue weighted by molar-refractivity contribution is 0.102. The number of carbonyl (C=O) groups excluding carboxylic acids is 1. The molecule has 0 spiro atoms. The molecule has 0 aromatic carbocycles. The van der Waals surface area contributed by atoms with Crippen molar-refractivity contribution in [3.63, 3.8) is 0 Å². The van der Waals surface area contributed by atoms with Gasteiger partial charge in [0.15, 0.2) is 0 Å². The van der Waals surface area contributed by atoms with Gasteiger partial charge in [-0.15, -0.1) is 0 Å². The van der Waals surface area contributed by atoms with Crippen LogP contribution in [0.3, 0.4) is 0 Å². The summed E-state index contributed by atoms with van der Waals surface area (Å²) < 4.78 is 7.05. The highest BCUT2D eigenvalue weighted by Crippen LogP contribution is 2.31. The van der Waals surface area contributed by atoms with Crippen molar-refractivity contribution in [1.82, 2.24) is 14.9 Å². The number of amides is 1. The molecule has 0 saturated heterocycles. The first kappa shape index (κ1) is 13.9. The van der Waals surface area contributed by atoms with Gasteiger partial charge in [0.2, 0.25) is 0 Å². The SMILES string of the molecule is CCc1noc(C)c1C(=O)Nc1ccnn1C1CCCC1. The van der Waals surface area contributed by atoms with Crippen molar-refractivity contribution in [3.05, 3.63) is 29.3 Å². The van der Waals surface area contributed by atoms with Gasteiger partial charge in [-0.05, 0) is 26.2 Å². The van der Waals surface area contributed by atoms with Crippen molar-refractivity contribution in [2.75, 3.05) is 5.32 Å². The predicted octanol–water partition coefficient (Wildman–Crippen LogP) is 3.11. The number of hydrogen-bond acceptors (Lipinski definition) is 4. The zero-order chi connectivity index (χ0) is 14.8. The topological polar surface area (TPSA) is 73.0 Å². The normalized spacial score (nSPS) is 15.5. The van der Waals surface area contributed by atoms with Crippen molar-refractivity contribution in [1.29, 1.82) is 0 Å². The standard InChI is InChI=1S/C15H20N4O2/c1-3-12-14(10(2)21-18-12)15(20)17-13-8-9-16-19(13)11-6-4-5-7-11/h8-9,11H,3-7H2,1-2H3,(H,17,20). The third-order valence-corrected chi connectivity index (χ3v) is 4.08. The minimum Gasteiger partial charge on any atom is -0.361 e. The average molecular weight is 288 g/mol. The third kappa shape index (κ3) is 2.57. The molecule has 0 unspecified atom stereocenters. The van der Waals surface area contributed by atoms with Crippen LogP contribution in [0.4, 0.5) is 5.82 Å². The van der Waals surface area contributed by atoms with Crippen LogP contribution >= 0.6 is 0 Å². The summed E-state index contributed by atoms with van der Waals surface area (Å²) in [6, 6.07) is 2.23. The van der Waals surface area contributed by atoms with E-state index < -0.39 is 0 Å². The van der Waals surface area contributed by atoms with Crippen LogP contribution in [0.1, 0.15) is 60.5 Å². The molecule has 0 radical (unpaired) electrons. The lowest BCUT2D eigenvalue weighted by Crippen LogP contribution is -2.19. The van der Waals surface area contributed by atoms with Crippen molar-refractivity contribution in [2.24, 2.45) is 0 Å². The molecule has 0 aliphatic heterocycles. The minimum absolute atomic E-state index is 0.176. The Morgan fingerprint density at radius 2 is 2.24 bits per heavy atom. The molecule has 0 bridgehead atoms. The van der Waals surface area contributed by atoms with Gasteiger partial charge in [0.25, 0.3) is 5.91 Å². The van der Waals surface area contributed by atoms with Gasteiger partial charge in [0, 0.05) is 6.07 Å². The van der Waals surface area contributed by atoms with Crippen molar-refractivity contribution in [2.45, 2.75) is 52.0 Å². The number of nitrogens with zero attached hydrogens (tertiary/aromatic N) is 3. The zero-order valence-corrected chi connectivity index (χ0v) is 12.4. The van der Waals surface area contributed by atoms with E-state index in [4.69, 9.17) is 4.52 Å². The van der Waals surface area contributed by atoms with Gasteiger partial charge in [-0.3, -0.25) is 4.79 Å². The fourth-order valence-corrected chi connectivity index (χ4v) is 2.98. The smallest absolute Gasteiger partial charge is 0.262 e. The van der Waals surface area contributed by atoms with Crippen molar-refractivity contribution < 1.29 is 9.32 Å². The van der Waals surface area contributed by atoms with Crippen LogP contribution in [0.15, 0.2) is 16.8 Å². The lowest BCUT2D eigenvalue weighted by Gasteiger charge is -2.14. The van der Waals surface area contributed by atoms with Crippen LogP contribution < -0.4 is 5.32 Å². The maximum absolute atomic E-state index is 12.5. The van der Waals surface area contributed by atoms with Crippen LogP contribution in [0.2, 0.25) is 0 Å². The van der Waals surface area contributed by atoms with Crippen LogP contribution in [0, 0.1) is 6.92 Å². The first-order valence-corrected chi connectivity index (χ1v) is 7.50. The molecule has 6 nitrogen and oxygen atoms in total. The molecule has 112 valence electrons. The van der Waals surface area contributed by atoms with Gasteiger partial charge in [-0.2, -0.15) is 5.10 Å². The van der Waals surface area contributed by atoms with Gasteiger partial charge < -0.3 is 9.84 Å². The summed E-state index contributed by atoms with van der Waals surface area (Å²) in [5.41, 5.74) is 1.23. The summed E-state index contributed by atoms with van der Waals surface area (Å²) in [5.74, 6) is 1.12. The summed E-state index contributed by atoms with van der Waals surface area (Å²) in [7, 11) is 0. The number of rotatable bonds is 4. The molecule has 6 heteroatoms. The number of carbonyl (C=O) groups is 1. The zero-order valence-electron chi connectivity index (χ0n) is 12.4. The second kappa shape index (κ2) is 5.71. The fraction of sp³-hybridized carbons (Fsp3) is 0.533. The second-order valence-electron chi connectivity index (χ2n) is 5.47. The predicted molar refractivity (Wildman–Crippen MR) is 78.3 cm³/mol. The maximum Gasteiger partial charge on any atom is 0.262 e. The first-order chi connectivity index (χ1) is 10.2. The highest BCUT2D eigenvalue weighted by molar-refractivity contribution is 6.05. The van der Waals surface area contributed by atoms with Gasteiger partial charge in [-0.25, -0.2) is 4.68 Å². The average Bonchev–Trinajstić information content (AvgIpc) is 3.17. The monoisotopic (exact) mass is 288 g/mol. The molecule has 0 atom stereocenters. The Labute approximate surface area is 123 Å². The number of aromatic nitrogens is 3. The second-order valence-corrected chi connectivity index (χ2v) is 5.47. The summed E-state index contributed by atoms with van der Waals surface area (Å²) >= 11 is 0. The number of anilines is 1. The van der Waals surface area contributed by atoms with E-state index in [1.807, 2.05) is 17.7 Å². The molecular weight excluding hydrogens is 268 g/mol. The number of hydrogen-bond donors (Lipinski definition) is 1. The molecule has 3 rings (SSSR count). The Balaban J connectivity index is 1.82. The van der Waals surface area contributed by atoms with Gasteiger partial charge >= 0.3 is 0 Å². The molecule has 1 amide bonds. The highest BCUT2D eigenvalue weighted by Gasteiger charge is 2.23. The Kier molecular flexibility index (Phi) is 3.77. The molecule has 2 aromatic rings. The van der Waals surface area contributed by atoms with Crippen LogP contribution in [0.25, 0.3) is 0 Å². The van der Waals surface area contributed by atoms with Crippen LogP contribution in [-0.4, -0.2) is 20.8 Å². The van der Waals surface area contributed by atoms with E-state index in [9.17, 15) is 4.79 Å². The Hall–Kier alpha value is -2.11. The molecular formula is C15H20N4O2. The number of aryl methyl sites for hydroxylation is 2. The van der Waals surface area contributed by atoms with Crippen LogP contribution in [-0.2, 0) is 6.42 Å². The Bertz CT molecular complexity index is 638. The fourth-order valence-electron chi connectivity index (χ4n) is 2.98. The Morgan fingerprint density at radius 3 is 2.95 bits per heavy atom. The Morgan fingerprint density at radius 1 is 1.48 bits per heavy atom. The van der Waals surface area contributed by atoms with E-state index in [2.05, 4.69) is 15.6 Å². The largest absolute Gasteiger partial charge is 0.361 e. The molecule has 1 fully saturated rings. The number of nitrogens with one attached hydrogen (secondary N) is 1. The molecule has 1 N–H and O–H groups in total. The van der Waals surface area contributed by atoms with Crippen LogP contribution in [0.5, 0.6) is 0 Å². The van der Waals surface area contributed by atoms with E-state index in [-0.39, 0.29) is 5.91 Å². The molecule has 21 heavy (non-hydrogen) atoms.